The van der Waals surface area contributed by atoms with E-state index in [0.717, 1.165) is 16.9 Å². The summed E-state index contributed by atoms with van der Waals surface area (Å²) >= 11 is 8.27. The maximum absolute atomic E-state index is 12.6. The standard InChI is InChI=1S/C20H20N4O2S3/c1-12-7-9-14(10-8-12)24-17-16(29-20(24)27)18(26)23-19(22-17)28-11-15(25)21-13-5-3-2-4-6-13/h2-10,16-17,19,22H,11H2,1H3,(H,21,25)(H,23,26). The summed E-state index contributed by atoms with van der Waals surface area (Å²) in [5, 5.41) is 8.89. The lowest BCUT2D eigenvalue weighted by Crippen LogP contribution is -2.64. The molecule has 150 valence electrons. The highest BCUT2D eigenvalue weighted by molar-refractivity contribution is 8.24. The predicted molar refractivity (Wildman–Crippen MR) is 124 cm³/mol. The van der Waals surface area contributed by atoms with Crippen molar-refractivity contribution in [3.8, 4) is 0 Å². The van der Waals surface area contributed by atoms with Crippen molar-refractivity contribution >= 4 is 63.3 Å². The second-order valence-corrected chi connectivity index (χ2v) is 9.60. The van der Waals surface area contributed by atoms with Crippen LogP contribution < -0.4 is 20.9 Å². The molecule has 0 aliphatic carbocycles. The molecule has 3 unspecified atom stereocenters. The molecule has 0 radical (unpaired) electrons. The van der Waals surface area contributed by atoms with Gasteiger partial charge in [-0.1, -0.05) is 59.9 Å². The fraction of sp³-hybridized carbons (Fsp3) is 0.250. The van der Waals surface area contributed by atoms with Crippen molar-refractivity contribution in [2.75, 3.05) is 16.0 Å². The van der Waals surface area contributed by atoms with Crippen LogP contribution in [0.15, 0.2) is 54.6 Å². The molecule has 3 N–H and O–H groups in total. The number of nitrogens with one attached hydrogen (secondary N) is 3. The van der Waals surface area contributed by atoms with E-state index in [9.17, 15) is 9.59 Å². The van der Waals surface area contributed by atoms with Gasteiger partial charge in [-0.3, -0.25) is 14.9 Å². The summed E-state index contributed by atoms with van der Waals surface area (Å²) in [4.78, 5) is 26.8. The van der Waals surface area contributed by atoms with Crippen molar-refractivity contribution in [2.24, 2.45) is 0 Å². The average Bonchev–Trinajstić information content (AvgIpc) is 3.04. The van der Waals surface area contributed by atoms with Gasteiger partial charge in [0.2, 0.25) is 11.8 Å². The fourth-order valence-electron chi connectivity index (χ4n) is 3.18. The van der Waals surface area contributed by atoms with E-state index in [-0.39, 0.29) is 34.5 Å². The summed E-state index contributed by atoms with van der Waals surface area (Å²) in [7, 11) is 0. The molecule has 3 atom stereocenters. The molecule has 9 heteroatoms. The van der Waals surface area contributed by atoms with Gasteiger partial charge in [0, 0.05) is 11.4 Å². The maximum Gasteiger partial charge on any atom is 0.238 e. The largest absolute Gasteiger partial charge is 0.331 e. The van der Waals surface area contributed by atoms with Crippen molar-refractivity contribution in [2.45, 2.75) is 23.8 Å². The molecular formula is C20H20N4O2S3. The maximum atomic E-state index is 12.6. The minimum Gasteiger partial charge on any atom is -0.331 e. The number of hydrogen-bond donors (Lipinski definition) is 3. The Balaban J connectivity index is 1.41. The number of thioether (sulfide) groups is 2. The van der Waals surface area contributed by atoms with Crippen LogP contribution in [0.2, 0.25) is 0 Å². The molecule has 2 aromatic carbocycles. The van der Waals surface area contributed by atoms with Gasteiger partial charge in [-0.25, -0.2) is 0 Å². The number of carbonyl (C=O) groups is 2. The van der Waals surface area contributed by atoms with Crippen LogP contribution in [0.25, 0.3) is 0 Å². The van der Waals surface area contributed by atoms with Crippen molar-refractivity contribution in [1.82, 2.24) is 10.6 Å². The number of amides is 2. The van der Waals surface area contributed by atoms with Gasteiger partial charge in [0.05, 0.1) is 5.75 Å². The molecule has 2 aromatic rings. The van der Waals surface area contributed by atoms with Gasteiger partial charge in [0.25, 0.3) is 0 Å². The Morgan fingerprint density at radius 3 is 2.66 bits per heavy atom. The number of fused-ring (bicyclic) bond motifs is 1. The summed E-state index contributed by atoms with van der Waals surface area (Å²) in [5.74, 6) is 0.0227. The SMILES string of the molecule is Cc1ccc(N2C(=S)SC3C(=O)NC(SCC(=O)Nc4ccccc4)NC32)cc1. The lowest BCUT2D eigenvalue weighted by atomic mass is 10.2. The first-order valence-electron chi connectivity index (χ1n) is 9.11. The lowest BCUT2D eigenvalue weighted by molar-refractivity contribution is -0.122. The van der Waals surface area contributed by atoms with Gasteiger partial charge in [-0.2, -0.15) is 0 Å². The van der Waals surface area contributed by atoms with Gasteiger partial charge in [-0.05, 0) is 31.2 Å². The monoisotopic (exact) mass is 444 g/mol. The first kappa shape index (κ1) is 20.2. The summed E-state index contributed by atoms with van der Waals surface area (Å²) in [5.41, 5.74) is 2.49. The Morgan fingerprint density at radius 1 is 1.21 bits per heavy atom. The number of thiocarbonyl (C=S) groups is 1. The minimum atomic E-state index is -0.375. The second kappa shape index (κ2) is 8.74. The number of hydrogen-bond acceptors (Lipinski definition) is 6. The number of carbonyl (C=O) groups excluding carboxylic acids is 2. The molecule has 6 nitrogen and oxygen atoms in total. The van der Waals surface area contributed by atoms with Crippen LogP contribution in [-0.4, -0.2) is 38.8 Å². The van der Waals surface area contributed by atoms with Gasteiger partial charge >= 0.3 is 0 Å². The number of para-hydroxylation sites is 1. The highest BCUT2D eigenvalue weighted by Crippen LogP contribution is 2.37. The third kappa shape index (κ3) is 4.58. The van der Waals surface area contributed by atoms with E-state index in [1.54, 1.807) is 0 Å². The van der Waals surface area contributed by atoms with Crippen molar-refractivity contribution in [3.63, 3.8) is 0 Å². The first-order chi connectivity index (χ1) is 14.0. The molecule has 0 spiro atoms. The van der Waals surface area contributed by atoms with Gasteiger partial charge in [0.15, 0.2) is 0 Å². The van der Waals surface area contributed by atoms with E-state index in [1.165, 1.54) is 23.5 Å². The summed E-state index contributed by atoms with van der Waals surface area (Å²) in [6.07, 6.45) is -0.251. The van der Waals surface area contributed by atoms with Crippen molar-refractivity contribution in [1.29, 1.82) is 0 Å². The van der Waals surface area contributed by atoms with E-state index in [2.05, 4.69) is 16.0 Å². The molecule has 0 aromatic heterocycles. The highest BCUT2D eigenvalue weighted by Gasteiger charge is 2.47. The summed E-state index contributed by atoms with van der Waals surface area (Å²) in [6.45, 7) is 2.03. The molecule has 2 saturated heterocycles. The topological polar surface area (TPSA) is 73.5 Å². The van der Waals surface area contributed by atoms with E-state index in [1.807, 2.05) is 66.4 Å². The molecule has 0 saturated carbocycles. The molecule has 2 heterocycles. The number of aryl methyl sites for hydroxylation is 1. The molecule has 2 aliphatic rings. The molecule has 2 fully saturated rings. The zero-order chi connectivity index (χ0) is 20.4. The Morgan fingerprint density at radius 2 is 1.93 bits per heavy atom. The highest BCUT2D eigenvalue weighted by atomic mass is 32.2. The van der Waals surface area contributed by atoms with E-state index < -0.39 is 0 Å². The molecular weight excluding hydrogens is 424 g/mol. The number of nitrogens with zero attached hydrogens (tertiary/aromatic N) is 1. The van der Waals surface area contributed by atoms with E-state index in [0.29, 0.717) is 4.32 Å². The summed E-state index contributed by atoms with van der Waals surface area (Å²) in [6, 6.07) is 17.4. The second-order valence-electron chi connectivity index (χ2n) is 6.74. The Kier molecular flexibility index (Phi) is 6.09. The zero-order valence-electron chi connectivity index (χ0n) is 15.6. The smallest absolute Gasteiger partial charge is 0.238 e. The summed E-state index contributed by atoms with van der Waals surface area (Å²) < 4.78 is 0.666. The van der Waals surface area contributed by atoms with Crippen LogP contribution in [-0.2, 0) is 9.59 Å². The fourth-order valence-corrected chi connectivity index (χ4v) is 5.59. The molecule has 29 heavy (non-hydrogen) atoms. The normalized spacial score (nSPS) is 23.5. The Labute approximate surface area is 183 Å². The van der Waals surface area contributed by atoms with E-state index in [4.69, 9.17) is 12.2 Å². The van der Waals surface area contributed by atoms with Crippen LogP contribution in [0.5, 0.6) is 0 Å². The minimum absolute atomic E-state index is 0.0725. The quantitative estimate of drug-likeness (QED) is 0.613. The zero-order valence-corrected chi connectivity index (χ0v) is 18.1. The van der Waals surface area contributed by atoms with Crippen molar-refractivity contribution < 1.29 is 9.59 Å². The molecule has 2 amide bonds. The van der Waals surface area contributed by atoms with Crippen LogP contribution in [0, 0.1) is 6.92 Å². The number of benzene rings is 2. The van der Waals surface area contributed by atoms with Crippen molar-refractivity contribution in [3.05, 3.63) is 60.2 Å². The molecule has 0 bridgehead atoms. The van der Waals surface area contributed by atoms with Gasteiger partial charge in [-0.15, -0.1) is 11.8 Å². The lowest BCUT2D eigenvalue weighted by Gasteiger charge is -2.36. The number of rotatable bonds is 5. The van der Waals surface area contributed by atoms with E-state index >= 15 is 0 Å². The predicted octanol–water partition coefficient (Wildman–Crippen LogP) is 2.90. The van der Waals surface area contributed by atoms with Crippen LogP contribution in [0.3, 0.4) is 0 Å². The Hall–Kier alpha value is -2.07. The van der Waals surface area contributed by atoms with Crippen LogP contribution in [0.1, 0.15) is 5.56 Å². The Bertz CT molecular complexity index is 923. The van der Waals surface area contributed by atoms with Crippen LogP contribution in [0.4, 0.5) is 11.4 Å². The average molecular weight is 445 g/mol. The molecule has 2 aliphatic heterocycles. The third-order valence-electron chi connectivity index (χ3n) is 4.59. The van der Waals surface area contributed by atoms with Gasteiger partial charge in [0.1, 0.15) is 21.2 Å². The number of anilines is 2. The first-order valence-corrected chi connectivity index (χ1v) is 11.4. The van der Waals surface area contributed by atoms with Gasteiger partial charge < -0.3 is 15.5 Å². The third-order valence-corrected chi connectivity index (χ3v) is 7.22. The van der Waals surface area contributed by atoms with Crippen LogP contribution >= 0.6 is 35.7 Å². The molecule has 4 rings (SSSR count).